The number of benzene rings is 3. The normalized spacial score (nSPS) is 15.9. The number of nitriles is 1. The molecule has 3 aromatic carbocycles. The van der Waals surface area contributed by atoms with Crippen molar-refractivity contribution >= 4 is 18.1 Å². The first kappa shape index (κ1) is 27.1. The Morgan fingerprint density at radius 2 is 1.87 bits per heavy atom. The van der Waals surface area contributed by atoms with Crippen LogP contribution in [0.2, 0.25) is 0 Å². The van der Waals surface area contributed by atoms with Gasteiger partial charge in [-0.25, -0.2) is 0 Å². The lowest BCUT2D eigenvalue weighted by atomic mass is 9.95. The summed E-state index contributed by atoms with van der Waals surface area (Å²) in [4.78, 5) is 13.9. The van der Waals surface area contributed by atoms with Crippen molar-refractivity contribution in [1.29, 1.82) is 5.26 Å². The Bertz CT molecular complexity index is 1330. The second-order valence-corrected chi connectivity index (χ2v) is 9.56. The number of carboxylic acid groups (broad SMARTS) is 1. The van der Waals surface area contributed by atoms with Gasteiger partial charge in [0, 0.05) is 24.8 Å². The van der Waals surface area contributed by atoms with Crippen molar-refractivity contribution < 1.29 is 19.4 Å². The summed E-state index contributed by atoms with van der Waals surface area (Å²) in [5.74, 6) is -0.0312. The molecular weight excluding hydrogens is 476 g/mol. The van der Waals surface area contributed by atoms with E-state index >= 15 is 0 Å². The summed E-state index contributed by atoms with van der Waals surface area (Å²) in [5, 5.41) is 19.7. The Kier molecular flexibility index (Phi) is 9.31. The molecule has 3 aromatic rings. The number of hydrogen-bond acceptors (Lipinski definition) is 5. The van der Waals surface area contributed by atoms with Crippen LogP contribution >= 0.6 is 0 Å². The van der Waals surface area contributed by atoms with Crippen LogP contribution in [0.25, 0.3) is 23.3 Å². The number of aliphatic carboxylic acids is 1. The summed E-state index contributed by atoms with van der Waals surface area (Å²) in [6.07, 6.45) is 6.56. The smallest absolute Gasteiger partial charge is 0.320 e. The molecule has 1 heterocycles. The summed E-state index contributed by atoms with van der Waals surface area (Å²) in [7, 11) is 1.64. The molecule has 0 bridgehead atoms. The van der Waals surface area contributed by atoms with E-state index < -0.39 is 12.0 Å². The maximum Gasteiger partial charge on any atom is 0.320 e. The van der Waals surface area contributed by atoms with Gasteiger partial charge < -0.3 is 14.6 Å². The molecule has 196 valence electrons. The van der Waals surface area contributed by atoms with Crippen molar-refractivity contribution in [3.05, 3.63) is 88.5 Å². The van der Waals surface area contributed by atoms with E-state index in [-0.39, 0.29) is 0 Å². The Hall–Kier alpha value is -3.92. The van der Waals surface area contributed by atoms with Crippen LogP contribution in [-0.4, -0.2) is 48.9 Å². The lowest BCUT2D eigenvalue weighted by Gasteiger charge is -2.33. The minimum atomic E-state index is -0.777. The molecule has 1 N–H and O–H groups in total. The van der Waals surface area contributed by atoms with Crippen LogP contribution in [0.15, 0.2) is 60.7 Å². The second kappa shape index (κ2) is 13.0. The van der Waals surface area contributed by atoms with Crippen molar-refractivity contribution in [3.63, 3.8) is 0 Å². The Labute approximate surface area is 224 Å². The summed E-state index contributed by atoms with van der Waals surface area (Å²) < 4.78 is 11.2. The molecule has 0 aromatic heterocycles. The third-order valence-corrected chi connectivity index (χ3v) is 7.00. The molecule has 0 aliphatic carbocycles. The predicted octanol–water partition coefficient (Wildman–Crippen LogP) is 6.17. The molecule has 1 aliphatic rings. The van der Waals surface area contributed by atoms with Crippen LogP contribution < -0.4 is 4.74 Å². The summed E-state index contributed by atoms with van der Waals surface area (Å²) in [6, 6.07) is 21.8. The van der Waals surface area contributed by atoms with Gasteiger partial charge in [0.1, 0.15) is 24.5 Å². The molecule has 0 saturated carbocycles. The molecular formula is C32H34N2O4. The molecule has 4 rings (SSSR count). The molecule has 6 nitrogen and oxygen atoms in total. The zero-order chi connectivity index (χ0) is 26.9. The van der Waals surface area contributed by atoms with Gasteiger partial charge in [0.25, 0.3) is 0 Å². The molecule has 38 heavy (non-hydrogen) atoms. The van der Waals surface area contributed by atoms with E-state index in [0.717, 1.165) is 58.5 Å². The van der Waals surface area contributed by atoms with Gasteiger partial charge in [-0.15, -0.1) is 0 Å². The lowest BCUT2D eigenvalue weighted by Crippen LogP contribution is -2.44. The fourth-order valence-corrected chi connectivity index (χ4v) is 4.97. The van der Waals surface area contributed by atoms with Crippen LogP contribution in [0.4, 0.5) is 0 Å². The van der Waals surface area contributed by atoms with E-state index in [1.807, 2.05) is 78.6 Å². The van der Waals surface area contributed by atoms with E-state index in [2.05, 4.69) is 12.1 Å². The number of likely N-dealkylation sites (tertiary alicyclic amines) is 1. The highest BCUT2D eigenvalue weighted by atomic mass is 16.5. The van der Waals surface area contributed by atoms with E-state index in [9.17, 15) is 15.2 Å². The third kappa shape index (κ3) is 6.49. The van der Waals surface area contributed by atoms with Gasteiger partial charge in [0.15, 0.2) is 0 Å². The highest BCUT2D eigenvalue weighted by molar-refractivity contribution is 5.81. The summed E-state index contributed by atoms with van der Waals surface area (Å²) in [5.41, 5.74) is 6.35. The fourth-order valence-electron chi connectivity index (χ4n) is 4.97. The van der Waals surface area contributed by atoms with Gasteiger partial charge in [0.05, 0.1) is 12.2 Å². The molecule has 6 heteroatoms. The number of aryl methyl sites for hydroxylation is 1. The number of ether oxygens (including phenoxy) is 2. The molecule has 1 saturated heterocycles. The number of hydrogen-bond donors (Lipinski definition) is 1. The topological polar surface area (TPSA) is 82.8 Å². The maximum absolute atomic E-state index is 11.9. The lowest BCUT2D eigenvalue weighted by molar-refractivity contribution is -0.144. The number of carboxylic acids is 1. The predicted molar refractivity (Wildman–Crippen MR) is 150 cm³/mol. The number of rotatable bonds is 10. The molecule has 0 spiro atoms. The molecule has 0 amide bonds. The van der Waals surface area contributed by atoms with Gasteiger partial charge in [0.2, 0.25) is 0 Å². The molecule has 0 radical (unpaired) electrons. The van der Waals surface area contributed by atoms with Crippen molar-refractivity contribution in [2.75, 3.05) is 26.9 Å². The van der Waals surface area contributed by atoms with Crippen molar-refractivity contribution in [2.24, 2.45) is 0 Å². The number of methoxy groups -OCH3 is 1. The largest absolute Gasteiger partial charge is 0.491 e. The zero-order valence-electron chi connectivity index (χ0n) is 22.0. The van der Waals surface area contributed by atoms with Crippen LogP contribution in [0.5, 0.6) is 5.75 Å². The molecule has 1 unspecified atom stereocenters. The summed E-state index contributed by atoms with van der Waals surface area (Å²) in [6.45, 7) is 4.15. The maximum atomic E-state index is 11.9. The SMILES string of the molecule is COCCOc1cc(C)c(/C=C/c2cccc(-c3ccccc3)c2C#N)cc1CN1CCCCC1C(=O)O. The van der Waals surface area contributed by atoms with Crippen molar-refractivity contribution in [1.82, 2.24) is 4.90 Å². The fraction of sp³-hybridized carbons (Fsp3) is 0.312. The van der Waals surface area contributed by atoms with Gasteiger partial charge >= 0.3 is 5.97 Å². The highest BCUT2D eigenvalue weighted by Crippen LogP contribution is 2.30. The third-order valence-electron chi connectivity index (χ3n) is 7.00. The monoisotopic (exact) mass is 510 g/mol. The van der Waals surface area contributed by atoms with E-state index in [0.29, 0.717) is 31.7 Å². The first-order valence-electron chi connectivity index (χ1n) is 13.0. The molecule has 1 atom stereocenters. The number of nitrogens with zero attached hydrogens (tertiary/aromatic N) is 2. The van der Waals surface area contributed by atoms with E-state index in [1.165, 1.54) is 0 Å². The Morgan fingerprint density at radius 1 is 1.08 bits per heavy atom. The van der Waals surface area contributed by atoms with Crippen molar-refractivity contribution in [3.8, 4) is 22.9 Å². The second-order valence-electron chi connectivity index (χ2n) is 9.56. The van der Waals surface area contributed by atoms with Crippen LogP contribution in [0.3, 0.4) is 0 Å². The summed E-state index contributed by atoms with van der Waals surface area (Å²) >= 11 is 0. The van der Waals surface area contributed by atoms with Crippen LogP contribution in [-0.2, 0) is 16.1 Å². The van der Waals surface area contributed by atoms with Crippen LogP contribution in [0, 0.1) is 18.3 Å². The van der Waals surface area contributed by atoms with Gasteiger partial charge in [-0.05, 0) is 60.7 Å². The minimum absolute atomic E-state index is 0.415. The van der Waals surface area contributed by atoms with Gasteiger partial charge in [-0.3, -0.25) is 9.69 Å². The zero-order valence-corrected chi connectivity index (χ0v) is 22.0. The Morgan fingerprint density at radius 3 is 2.61 bits per heavy atom. The Balaban J connectivity index is 1.68. The number of carbonyl (C=O) groups is 1. The van der Waals surface area contributed by atoms with E-state index in [4.69, 9.17) is 9.47 Å². The highest BCUT2D eigenvalue weighted by Gasteiger charge is 2.29. The standard InChI is InChI=1S/C32H34N2O4/c1-23-19-31(38-18-17-37-2)27(22-34-16-7-6-13-30(34)32(35)36)20-26(23)15-14-25-11-8-12-28(29(25)21-33)24-9-4-3-5-10-24/h3-5,8-12,14-15,19-20,30H,6-7,13,16-18,22H2,1-2H3,(H,35,36)/b15-14+. The van der Waals surface area contributed by atoms with Crippen molar-refractivity contribution in [2.45, 2.75) is 38.8 Å². The first-order valence-corrected chi connectivity index (χ1v) is 13.0. The molecule has 1 aliphatic heterocycles. The molecule has 1 fully saturated rings. The average molecular weight is 511 g/mol. The first-order chi connectivity index (χ1) is 18.5. The average Bonchev–Trinajstić information content (AvgIpc) is 2.94. The van der Waals surface area contributed by atoms with Gasteiger partial charge in [-0.2, -0.15) is 5.26 Å². The minimum Gasteiger partial charge on any atom is -0.491 e. The van der Waals surface area contributed by atoms with Crippen LogP contribution in [0.1, 0.15) is 47.1 Å². The quantitative estimate of drug-likeness (QED) is 0.259. The number of piperidine rings is 1. The van der Waals surface area contributed by atoms with Gasteiger partial charge in [-0.1, -0.05) is 67.1 Å². The van der Waals surface area contributed by atoms with E-state index in [1.54, 1.807) is 7.11 Å².